The molecule has 4 atom stereocenters. The molecule has 27 heavy (non-hydrogen) atoms. The van der Waals surface area contributed by atoms with Crippen LogP contribution in [0.2, 0.25) is 0 Å². The Labute approximate surface area is 159 Å². The molecule has 4 rings (SSSR count). The van der Waals surface area contributed by atoms with Gasteiger partial charge in [0.05, 0.1) is 24.1 Å². The van der Waals surface area contributed by atoms with E-state index in [9.17, 15) is 14.7 Å². The van der Waals surface area contributed by atoms with Gasteiger partial charge < -0.3 is 19.6 Å². The maximum Gasteiger partial charge on any atom is 0.307 e. The lowest BCUT2D eigenvalue weighted by Gasteiger charge is -2.39. The normalized spacial score (nSPS) is 29.2. The fourth-order valence-corrected chi connectivity index (χ4v) is 4.87. The highest BCUT2D eigenvalue weighted by molar-refractivity contribution is 5.87. The first-order valence-electron chi connectivity index (χ1n) is 9.77. The molecule has 2 bridgehead atoms. The highest BCUT2D eigenvalue weighted by Gasteiger charge is 2.52. The second kappa shape index (κ2) is 7.25. The van der Waals surface area contributed by atoms with E-state index < -0.39 is 17.8 Å². The number of carbonyl (C=O) groups excluding carboxylic acids is 1. The number of fused-ring (bicyclic) bond motifs is 2. The second-order valence-electron chi connectivity index (χ2n) is 7.55. The largest absolute Gasteiger partial charge is 0.492 e. The Kier molecular flexibility index (Phi) is 4.81. The number of rotatable bonds is 5. The highest BCUT2D eigenvalue weighted by Crippen LogP contribution is 2.48. The third kappa shape index (κ3) is 3.17. The minimum Gasteiger partial charge on any atom is -0.492 e. The van der Waals surface area contributed by atoms with Crippen LogP contribution < -0.4 is 9.64 Å². The summed E-state index contributed by atoms with van der Waals surface area (Å²) >= 11 is 0. The fraction of sp³-hybridized carbons (Fsp3) is 0.524. The molecule has 6 heteroatoms. The van der Waals surface area contributed by atoms with Gasteiger partial charge in [0.15, 0.2) is 0 Å². The number of carboxylic acid groups (broad SMARTS) is 1. The van der Waals surface area contributed by atoms with E-state index in [0.717, 1.165) is 30.9 Å². The number of hydrogen-bond donors (Lipinski definition) is 1. The number of hydrogen-bond acceptors (Lipinski definition) is 4. The van der Waals surface area contributed by atoms with Crippen molar-refractivity contribution in [3.05, 3.63) is 36.4 Å². The molecule has 2 aliphatic carbocycles. The average Bonchev–Trinajstić information content (AvgIpc) is 3.30. The topological polar surface area (TPSA) is 70.1 Å². The van der Waals surface area contributed by atoms with Gasteiger partial charge in [-0.05, 0) is 37.3 Å². The lowest BCUT2D eigenvalue weighted by atomic mass is 9.82. The van der Waals surface area contributed by atoms with E-state index in [1.807, 2.05) is 48.2 Å². The number of para-hydroxylation sites is 2. The number of aliphatic carboxylic acids is 1. The van der Waals surface area contributed by atoms with E-state index in [1.165, 1.54) is 0 Å². The number of nitrogens with zero attached hydrogens (tertiary/aromatic N) is 2. The number of carbonyl (C=O) groups is 2. The molecule has 144 valence electrons. The quantitative estimate of drug-likeness (QED) is 0.805. The van der Waals surface area contributed by atoms with Gasteiger partial charge in [-0.25, -0.2) is 0 Å². The summed E-state index contributed by atoms with van der Waals surface area (Å²) < 4.78 is 5.72. The van der Waals surface area contributed by atoms with Crippen LogP contribution in [0.25, 0.3) is 0 Å². The summed E-state index contributed by atoms with van der Waals surface area (Å²) in [7, 11) is 0. The zero-order valence-electron chi connectivity index (χ0n) is 15.6. The van der Waals surface area contributed by atoms with Crippen LogP contribution in [0.5, 0.6) is 5.75 Å². The molecule has 1 heterocycles. The van der Waals surface area contributed by atoms with Crippen molar-refractivity contribution in [2.24, 2.45) is 23.7 Å². The number of allylic oxidation sites excluding steroid dienone is 2. The van der Waals surface area contributed by atoms with Crippen LogP contribution in [0.3, 0.4) is 0 Å². The van der Waals surface area contributed by atoms with Crippen molar-refractivity contribution in [2.45, 2.75) is 13.3 Å². The number of amides is 1. The van der Waals surface area contributed by atoms with Crippen LogP contribution in [-0.2, 0) is 9.59 Å². The predicted octanol–water partition coefficient (Wildman–Crippen LogP) is 2.26. The molecule has 1 aromatic carbocycles. The van der Waals surface area contributed by atoms with Gasteiger partial charge in [0.2, 0.25) is 5.91 Å². The van der Waals surface area contributed by atoms with E-state index >= 15 is 0 Å². The first-order valence-corrected chi connectivity index (χ1v) is 9.77. The van der Waals surface area contributed by atoms with Gasteiger partial charge in [-0.3, -0.25) is 9.59 Å². The molecule has 6 nitrogen and oxygen atoms in total. The molecule has 1 amide bonds. The summed E-state index contributed by atoms with van der Waals surface area (Å²) in [5, 5.41) is 9.60. The van der Waals surface area contributed by atoms with Gasteiger partial charge in [-0.2, -0.15) is 0 Å². The Bertz CT molecular complexity index is 754. The molecule has 0 unspecified atom stereocenters. The maximum atomic E-state index is 13.1. The summed E-state index contributed by atoms with van der Waals surface area (Å²) in [4.78, 5) is 28.9. The average molecular weight is 370 g/mol. The number of anilines is 1. The van der Waals surface area contributed by atoms with E-state index in [0.29, 0.717) is 19.7 Å². The Morgan fingerprint density at radius 1 is 1.07 bits per heavy atom. The maximum absolute atomic E-state index is 13.1. The number of benzene rings is 1. The van der Waals surface area contributed by atoms with Crippen LogP contribution in [0, 0.1) is 23.7 Å². The Balaban J connectivity index is 1.43. The van der Waals surface area contributed by atoms with Gasteiger partial charge in [0, 0.05) is 26.2 Å². The predicted molar refractivity (Wildman–Crippen MR) is 102 cm³/mol. The minimum atomic E-state index is -0.838. The van der Waals surface area contributed by atoms with E-state index in [2.05, 4.69) is 4.90 Å². The summed E-state index contributed by atoms with van der Waals surface area (Å²) in [5.41, 5.74) is 1.05. The zero-order valence-corrected chi connectivity index (χ0v) is 15.6. The van der Waals surface area contributed by atoms with Crippen LogP contribution >= 0.6 is 0 Å². The number of carboxylic acids is 1. The molecular weight excluding hydrogens is 344 g/mol. The van der Waals surface area contributed by atoms with Crippen molar-refractivity contribution in [1.82, 2.24) is 4.90 Å². The molecular formula is C21H26N2O4. The van der Waals surface area contributed by atoms with Gasteiger partial charge in [-0.15, -0.1) is 0 Å². The SMILES string of the molecule is CCOc1ccccc1N1CCN(C(=O)[C@H]2[C@@H](C(=O)O)[C@H]3C=C[C@H]2C3)CC1. The Morgan fingerprint density at radius 2 is 1.74 bits per heavy atom. The van der Waals surface area contributed by atoms with Crippen molar-refractivity contribution >= 4 is 17.6 Å². The van der Waals surface area contributed by atoms with Crippen molar-refractivity contribution in [3.63, 3.8) is 0 Å². The molecule has 0 aromatic heterocycles. The molecule has 2 fully saturated rings. The van der Waals surface area contributed by atoms with E-state index in [4.69, 9.17) is 4.74 Å². The Morgan fingerprint density at radius 3 is 2.41 bits per heavy atom. The molecule has 1 aromatic rings. The highest BCUT2D eigenvalue weighted by atomic mass is 16.5. The van der Waals surface area contributed by atoms with Gasteiger partial charge in [-0.1, -0.05) is 24.3 Å². The number of ether oxygens (including phenoxy) is 1. The monoisotopic (exact) mass is 370 g/mol. The molecule has 3 aliphatic rings. The van der Waals surface area contributed by atoms with E-state index in [-0.39, 0.29) is 17.7 Å². The van der Waals surface area contributed by atoms with Crippen molar-refractivity contribution in [2.75, 3.05) is 37.7 Å². The van der Waals surface area contributed by atoms with Crippen molar-refractivity contribution in [1.29, 1.82) is 0 Å². The molecule has 1 saturated carbocycles. The summed E-state index contributed by atoms with van der Waals surface area (Å²) in [6, 6.07) is 7.97. The van der Waals surface area contributed by atoms with Crippen LogP contribution in [0.15, 0.2) is 36.4 Å². The first kappa shape index (κ1) is 17.9. The van der Waals surface area contributed by atoms with Crippen LogP contribution in [0.4, 0.5) is 5.69 Å². The van der Waals surface area contributed by atoms with E-state index in [1.54, 1.807) is 0 Å². The Hall–Kier alpha value is -2.50. The molecule has 0 spiro atoms. The molecule has 0 radical (unpaired) electrons. The van der Waals surface area contributed by atoms with Gasteiger partial charge in [0.25, 0.3) is 0 Å². The van der Waals surface area contributed by atoms with Gasteiger partial charge in [0.1, 0.15) is 5.75 Å². The second-order valence-corrected chi connectivity index (χ2v) is 7.55. The summed E-state index contributed by atoms with van der Waals surface area (Å²) in [6.45, 7) is 5.26. The lowest BCUT2D eigenvalue weighted by molar-refractivity contribution is -0.151. The lowest BCUT2D eigenvalue weighted by Crippen LogP contribution is -2.52. The summed E-state index contributed by atoms with van der Waals surface area (Å²) in [6.07, 6.45) is 4.83. The third-order valence-corrected chi connectivity index (χ3v) is 6.13. The molecule has 1 aliphatic heterocycles. The minimum absolute atomic E-state index is 0.0111. The molecule has 1 saturated heterocycles. The first-order chi connectivity index (χ1) is 13.1. The molecule has 1 N–H and O–H groups in total. The standard InChI is InChI=1S/C21H26N2O4/c1-2-27-17-6-4-3-5-16(17)22-9-11-23(12-10-22)20(24)18-14-7-8-15(13-14)19(18)21(25)26/h3-8,14-15,18-19H,2,9-13H2,1H3,(H,25,26)/t14-,15-,18+,19-/m0/s1. The zero-order chi connectivity index (χ0) is 19.0. The van der Waals surface area contributed by atoms with Crippen LogP contribution in [0.1, 0.15) is 13.3 Å². The van der Waals surface area contributed by atoms with Crippen molar-refractivity contribution in [3.8, 4) is 5.75 Å². The van der Waals surface area contributed by atoms with Crippen LogP contribution in [-0.4, -0.2) is 54.7 Å². The van der Waals surface area contributed by atoms with Crippen molar-refractivity contribution < 1.29 is 19.4 Å². The third-order valence-electron chi connectivity index (χ3n) is 6.13. The number of piperazine rings is 1. The van der Waals surface area contributed by atoms with Gasteiger partial charge >= 0.3 is 5.97 Å². The smallest absolute Gasteiger partial charge is 0.307 e. The summed E-state index contributed by atoms with van der Waals surface area (Å²) in [5.74, 6) is -0.833. The fourth-order valence-electron chi connectivity index (χ4n) is 4.87.